The summed E-state index contributed by atoms with van der Waals surface area (Å²) in [5, 5.41) is 0. The van der Waals surface area contributed by atoms with Crippen LogP contribution in [-0.2, 0) is 0 Å². The Bertz CT molecular complexity index is 722. The lowest BCUT2D eigenvalue weighted by atomic mass is 10.0. The maximum atomic E-state index is 4.64. The van der Waals surface area contributed by atoms with Crippen molar-refractivity contribution in [2.75, 3.05) is 18.0 Å². The molecule has 112 valence electrons. The third kappa shape index (κ3) is 2.93. The van der Waals surface area contributed by atoms with E-state index in [4.69, 9.17) is 0 Å². The summed E-state index contributed by atoms with van der Waals surface area (Å²) in [4.78, 5) is 11.6. The number of aryl methyl sites for hydroxylation is 1. The summed E-state index contributed by atoms with van der Waals surface area (Å²) in [7, 11) is 0. The van der Waals surface area contributed by atoms with Crippen molar-refractivity contribution in [2.24, 2.45) is 0 Å². The minimum absolute atomic E-state index is 0.819. The average molecular weight is 291 g/mol. The Hall–Kier alpha value is -2.42. The molecule has 0 atom stereocenters. The normalized spacial score (nSPS) is 14.7. The molecule has 0 N–H and O–H groups in total. The van der Waals surface area contributed by atoms with Crippen molar-refractivity contribution >= 4 is 17.5 Å². The topological polar surface area (TPSA) is 29.0 Å². The van der Waals surface area contributed by atoms with E-state index >= 15 is 0 Å². The van der Waals surface area contributed by atoms with E-state index < -0.39 is 0 Å². The Balaban J connectivity index is 2.00. The van der Waals surface area contributed by atoms with Gasteiger partial charge in [-0.3, -0.25) is 0 Å². The number of anilines is 1. The molecule has 22 heavy (non-hydrogen) atoms. The van der Waals surface area contributed by atoms with Crippen molar-refractivity contribution in [3.8, 4) is 0 Å². The highest BCUT2D eigenvalue weighted by atomic mass is 15.2. The van der Waals surface area contributed by atoms with Crippen LogP contribution in [0, 0.1) is 13.8 Å². The smallest absolute Gasteiger partial charge is 0.136 e. The summed E-state index contributed by atoms with van der Waals surface area (Å²) in [6, 6.07) is 10.4. The SMILES string of the molecule is C/C(=C\c1nc(C)nc(N2CC=CC2)c1C)c1ccccc1. The van der Waals surface area contributed by atoms with Crippen molar-refractivity contribution in [2.45, 2.75) is 20.8 Å². The number of nitrogens with zero attached hydrogens (tertiary/aromatic N) is 3. The molecule has 3 heteroatoms. The van der Waals surface area contributed by atoms with Crippen molar-refractivity contribution in [1.82, 2.24) is 9.97 Å². The molecule has 2 aromatic rings. The van der Waals surface area contributed by atoms with Gasteiger partial charge in [-0.2, -0.15) is 0 Å². The Labute approximate surface area is 132 Å². The molecule has 3 rings (SSSR count). The molecule has 0 aliphatic carbocycles. The number of hydrogen-bond donors (Lipinski definition) is 0. The minimum Gasteiger partial charge on any atom is -0.349 e. The summed E-state index contributed by atoms with van der Waals surface area (Å²) in [6.07, 6.45) is 6.52. The number of hydrogen-bond acceptors (Lipinski definition) is 3. The van der Waals surface area contributed by atoms with Gasteiger partial charge in [0.2, 0.25) is 0 Å². The first kappa shape index (κ1) is 14.5. The average Bonchev–Trinajstić information content (AvgIpc) is 3.05. The molecule has 3 nitrogen and oxygen atoms in total. The maximum absolute atomic E-state index is 4.64. The summed E-state index contributed by atoms with van der Waals surface area (Å²) >= 11 is 0. The molecule has 1 aromatic carbocycles. The fourth-order valence-corrected chi connectivity index (χ4v) is 2.72. The highest BCUT2D eigenvalue weighted by molar-refractivity contribution is 5.80. The van der Waals surface area contributed by atoms with Crippen LogP contribution in [0.25, 0.3) is 11.6 Å². The van der Waals surface area contributed by atoms with Crippen LogP contribution in [-0.4, -0.2) is 23.1 Å². The molecule has 0 fully saturated rings. The van der Waals surface area contributed by atoms with Gasteiger partial charge in [-0.1, -0.05) is 42.5 Å². The molecule has 1 aliphatic heterocycles. The molecule has 1 aliphatic rings. The van der Waals surface area contributed by atoms with Gasteiger partial charge in [0.25, 0.3) is 0 Å². The third-order valence-electron chi connectivity index (χ3n) is 3.97. The first-order valence-electron chi connectivity index (χ1n) is 7.64. The first-order valence-corrected chi connectivity index (χ1v) is 7.64. The standard InChI is InChI=1S/C19H21N3/c1-14(17-9-5-4-6-10-17)13-18-15(2)19(21-16(3)20-18)22-11-7-8-12-22/h4-10,13H,11-12H2,1-3H3/b14-13+. The predicted molar refractivity (Wildman–Crippen MR) is 92.8 cm³/mol. The Morgan fingerprint density at radius 3 is 2.41 bits per heavy atom. The molecule has 2 heterocycles. The molecular formula is C19H21N3. The van der Waals surface area contributed by atoms with Crippen molar-refractivity contribution in [3.05, 3.63) is 65.1 Å². The second-order valence-corrected chi connectivity index (χ2v) is 5.67. The monoisotopic (exact) mass is 291 g/mol. The molecule has 0 spiro atoms. The zero-order valence-electron chi connectivity index (χ0n) is 13.4. The molecule has 0 saturated carbocycles. The van der Waals surface area contributed by atoms with Gasteiger partial charge in [-0.15, -0.1) is 0 Å². The molecular weight excluding hydrogens is 270 g/mol. The number of benzene rings is 1. The van der Waals surface area contributed by atoms with E-state index in [9.17, 15) is 0 Å². The lowest BCUT2D eigenvalue weighted by molar-refractivity contribution is 0.914. The van der Waals surface area contributed by atoms with Crippen LogP contribution in [0.3, 0.4) is 0 Å². The van der Waals surface area contributed by atoms with E-state index in [1.807, 2.05) is 13.0 Å². The van der Waals surface area contributed by atoms with Gasteiger partial charge >= 0.3 is 0 Å². The van der Waals surface area contributed by atoms with Gasteiger partial charge in [0.15, 0.2) is 0 Å². The van der Waals surface area contributed by atoms with Crippen molar-refractivity contribution in [3.63, 3.8) is 0 Å². The van der Waals surface area contributed by atoms with Crippen LogP contribution in [0.1, 0.15) is 29.6 Å². The quantitative estimate of drug-likeness (QED) is 0.799. The molecule has 0 saturated heterocycles. The van der Waals surface area contributed by atoms with Gasteiger partial charge in [0.05, 0.1) is 5.69 Å². The van der Waals surface area contributed by atoms with E-state index in [-0.39, 0.29) is 0 Å². The third-order valence-corrected chi connectivity index (χ3v) is 3.97. The molecule has 1 aromatic heterocycles. The summed E-state index contributed by atoms with van der Waals surface area (Å²) in [5.74, 6) is 1.87. The minimum atomic E-state index is 0.819. The van der Waals surface area contributed by atoms with Gasteiger partial charge < -0.3 is 4.90 Å². The predicted octanol–water partition coefficient (Wildman–Crippen LogP) is 4.03. The van der Waals surface area contributed by atoms with Gasteiger partial charge in [-0.05, 0) is 38.0 Å². The Morgan fingerprint density at radius 2 is 1.73 bits per heavy atom. The Kier molecular flexibility index (Phi) is 4.05. The van der Waals surface area contributed by atoms with Crippen LogP contribution in [0.2, 0.25) is 0 Å². The van der Waals surface area contributed by atoms with E-state index in [2.05, 4.69) is 71.2 Å². The first-order chi connectivity index (χ1) is 10.6. The molecule has 0 unspecified atom stereocenters. The number of allylic oxidation sites excluding steroid dienone is 1. The fourth-order valence-electron chi connectivity index (χ4n) is 2.72. The zero-order chi connectivity index (χ0) is 15.5. The molecule has 0 amide bonds. The zero-order valence-corrected chi connectivity index (χ0v) is 13.4. The molecule has 0 bridgehead atoms. The van der Waals surface area contributed by atoms with Gasteiger partial charge in [0.1, 0.15) is 11.6 Å². The van der Waals surface area contributed by atoms with Gasteiger partial charge in [0, 0.05) is 18.7 Å². The van der Waals surface area contributed by atoms with Crippen LogP contribution in [0.15, 0.2) is 42.5 Å². The second-order valence-electron chi connectivity index (χ2n) is 5.67. The fraction of sp³-hybridized carbons (Fsp3) is 0.263. The highest BCUT2D eigenvalue weighted by Gasteiger charge is 2.15. The van der Waals surface area contributed by atoms with Crippen LogP contribution >= 0.6 is 0 Å². The van der Waals surface area contributed by atoms with E-state index in [0.717, 1.165) is 36.0 Å². The Morgan fingerprint density at radius 1 is 1.05 bits per heavy atom. The summed E-state index contributed by atoms with van der Waals surface area (Å²) < 4.78 is 0. The summed E-state index contributed by atoms with van der Waals surface area (Å²) in [6.45, 7) is 8.05. The van der Waals surface area contributed by atoms with E-state index in [1.165, 1.54) is 11.1 Å². The number of aromatic nitrogens is 2. The summed E-state index contributed by atoms with van der Waals surface area (Å²) in [5.41, 5.74) is 4.59. The van der Waals surface area contributed by atoms with Gasteiger partial charge in [-0.25, -0.2) is 9.97 Å². The van der Waals surface area contributed by atoms with Crippen LogP contribution in [0.4, 0.5) is 5.82 Å². The second kappa shape index (κ2) is 6.14. The van der Waals surface area contributed by atoms with E-state index in [1.54, 1.807) is 0 Å². The molecule has 0 radical (unpaired) electrons. The van der Waals surface area contributed by atoms with Crippen molar-refractivity contribution < 1.29 is 0 Å². The van der Waals surface area contributed by atoms with Crippen molar-refractivity contribution in [1.29, 1.82) is 0 Å². The lowest BCUT2D eigenvalue weighted by Crippen LogP contribution is -2.22. The highest BCUT2D eigenvalue weighted by Crippen LogP contribution is 2.25. The van der Waals surface area contributed by atoms with Crippen LogP contribution < -0.4 is 4.90 Å². The largest absolute Gasteiger partial charge is 0.349 e. The maximum Gasteiger partial charge on any atom is 0.136 e. The lowest BCUT2D eigenvalue weighted by Gasteiger charge is -2.20. The number of rotatable bonds is 3. The van der Waals surface area contributed by atoms with Crippen LogP contribution in [0.5, 0.6) is 0 Å². The van der Waals surface area contributed by atoms with E-state index in [0.29, 0.717) is 0 Å².